The lowest BCUT2D eigenvalue weighted by Gasteiger charge is -2.34. The first-order chi connectivity index (χ1) is 25.3. The van der Waals surface area contributed by atoms with Gasteiger partial charge in [0, 0.05) is 39.3 Å². The molecule has 1 heterocycles. The van der Waals surface area contributed by atoms with E-state index in [1.165, 1.54) is 12.1 Å². The normalized spacial score (nSPS) is 14.1. The molecule has 0 aliphatic carbocycles. The number of ether oxygens (including phenoxy) is 3. The summed E-state index contributed by atoms with van der Waals surface area (Å²) in [6, 6.07) is 23.5. The highest BCUT2D eigenvalue weighted by atomic mass is 32.2. The topological polar surface area (TPSA) is 127 Å². The molecule has 0 saturated carbocycles. The molecule has 1 aliphatic heterocycles. The maximum absolute atomic E-state index is 13.6. The third-order valence-corrected chi connectivity index (χ3v) is 10.4. The van der Waals surface area contributed by atoms with Crippen molar-refractivity contribution in [3.63, 3.8) is 0 Å². The minimum absolute atomic E-state index is 0.0457. The zero-order valence-electron chi connectivity index (χ0n) is 31.4. The number of hydrogen-bond acceptors (Lipinski definition) is 9. The Balaban J connectivity index is 1.12. The fourth-order valence-corrected chi connectivity index (χ4v) is 7.40. The second-order valence-electron chi connectivity index (χ2n) is 14.2. The predicted molar refractivity (Wildman–Crippen MR) is 209 cm³/mol. The van der Waals surface area contributed by atoms with E-state index in [-0.39, 0.29) is 28.8 Å². The van der Waals surface area contributed by atoms with Crippen LogP contribution in [0.15, 0.2) is 83.8 Å². The summed E-state index contributed by atoms with van der Waals surface area (Å²) in [6.07, 6.45) is 1.33. The molecule has 4 aromatic carbocycles. The van der Waals surface area contributed by atoms with Crippen molar-refractivity contribution in [2.75, 3.05) is 63.7 Å². The zero-order chi connectivity index (χ0) is 38.0. The van der Waals surface area contributed by atoms with Gasteiger partial charge in [0.2, 0.25) is 0 Å². The number of hydrogen-bond donors (Lipinski definition) is 2. The molecule has 53 heavy (non-hydrogen) atoms. The van der Waals surface area contributed by atoms with Crippen LogP contribution in [0.4, 0.5) is 10.5 Å². The molecule has 5 rings (SSSR count). The Morgan fingerprint density at radius 3 is 2.15 bits per heavy atom. The Morgan fingerprint density at radius 2 is 1.49 bits per heavy atom. The number of fused-ring (bicyclic) bond motifs is 1. The highest BCUT2D eigenvalue weighted by molar-refractivity contribution is 7.92. The van der Waals surface area contributed by atoms with Crippen molar-refractivity contribution in [3.8, 4) is 16.9 Å². The van der Waals surface area contributed by atoms with Gasteiger partial charge in [0.05, 0.1) is 29.4 Å². The molecular weight excluding hydrogens is 693 g/mol. The van der Waals surface area contributed by atoms with E-state index in [0.29, 0.717) is 18.9 Å². The lowest BCUT2D eigenvalue weighted by Crippen LogP contribution is -2.47. The smallest absolute Gasteiger partial charge is 0.407 e. The van der Waals surface area contributed by atoms with E-state index < -0.39 is 21.6 Å². The standard InChI is InChI=1S/C41H52N4O7S/c1-6-50-39(46)37-20-14-31(35-19-13-30(2)34-11-7-8-12-36(34)35)29-38(37)43-53(48,49)33-17-15-32(16-18-33)51-28-10-23-45-26-24-44(25-27-45)22-9-21-42-40(47)52-41(3,4)5/h7-8,11-20,29,43H,6,9-10,21-28H2,1-5H3,(H,42,47). The number of amides is 1. The molecule has 0 aromatic heterocycles. The molecule has 0 spiro atoms. The van der Waals surface area contributed by atoms with E-state index in [2.05, 4.69) is 32.8 Å². The van der Waals surface area contributed by atoms with Gasteiger partial charge < -0.3 is 29.3 Å². The summed E-state index contributed by atoms with van der Waals surface area (Å²) in [5, 5.41) is 4.94. The number of esters is 1. The van der Waals surface area contributed by atoms with Crippen molar-refractivity contribution in [2.45, 2.75) is 58.0 Å². The number of nitrogens with one attached hydrogen (secondary N) is 2. The van der Waals surface area contributed by atoms with Gasteiger partial charge in [0.25, 0.3) is 10.0 Å². The van der Waals surface area contributed by atoms with Gasteiger partial charge in [-0.25, -0.2) is 18.0 Å². The van der Waals surface area contributed by atoms with E-state index >= 15 is 0 Å². The number of carbonyl (C=O) groups is 2. The largest absolute Gasteiger partial charge is 0.494 e. The van der Waals surface area contributed by atoms with Crippen molar-refractivity contribution in [1.82, 2.24) is 15.1 Å². The maximum atomic E-state index is 13.6. The van der Waals surface area contributed by atoms with Crippen LogP contribution in [0.1, 0.15) is 56.5 Å². The number of anilines is 1. The molecule has 284 valence electrons. The van der Waals surface area contributed by atoms with Crippen LogP contribution in [0.2, 0.25) is 0 Å². The molecule has 1 fully saturated rings. The third-order valence-electron chi connectivity index (χ3n) is 9.02. The Bertz CT molecular complexity index is 1970. The van der Waals surface area contributed by atoms with Crippen LogP contribution < -0.4 is 14.8 Å². The number of aryl methyl sites for hydroxylation is 1. The van der Waals surface area contributed by atoms with Gasteiger partial charge in [-0.2, -0.15) is 0 Å². The average molecular weight is 745 g/mol. The summed E-state index contributed by atoms with van der Waals surface area (Å²) >= 11 is 0. The lowest BCUT2D eigenvalue weighted by molar-refractivity contribution is 0.0515. The lowest BCUT2D eigenvalue weighted by atomic mass is 9.94. The summed E-state index contributed by atoms with van der Waals surface area (Å²) in [4.78, 5) is 29.6. The molecule has 4 aromatic rings. The molecule has 12 heteroatoms. The molecule has 0 unspecified atom stereocenters. The summed E-state index contributed by atoms with van der Waals surface area (Å²) in [5.74, 6) is -0.0324. The molecular formula is C41H52N4O7S. The first-order valence-electron chi connectivity index (χ1n) is 18.3. The van der Waals surface area contributed by atoms with Crippen molar-refractivity contribution in [3.05, 3.63) is 90.0 Å². The fraction of sp³-hybridized carbons (Fsp3) is 0.415. The SMILES string of the molecule is CCOC(=O)c1ccc(-c2ccc(C)c3ccccc23)cc1NS(=O)(=O)c1ccc(OCCCN2CCN(CCCNC(=O)OC(C)(C)C)CC2)cc1. The Kier molecular flexibility index (Phi) is 13.4. The number of rotatable bonds is 15. The minimum Gasteiger partial charge on any atom is -0.494 e. The summed E-state index contributed by atoms with van der Waals surface area (Å²) in [6.45, 7) is 16.3. The first-order valence-corrected chi connectivity index (χ1v) is 19.8. The highest BCUT2D eigenvalue weighted by Gasteiger charge is 2.22. The number of sulfonamides is 1. The average Bonchev–Trinajstić information content (AvgIpc) is 3.12. The van der Waals surface area contributed by atoms with Gasteiger partial charge >= 0.3 is 12.1 Å². The minimum atomic E-state index is -4.06. The van der Waals surface area contributed by atoms with Crippen molar-refractivity contribution < 1.29 is 32.2 Å². The van der Waals surface area contributed by atoms with E-state index in [0.717, 1.165) is 79.6 Å². The molecule has 0 radical (unpaired) electrons. The quantitative estimate of drug-likeness (QED) is 0.0969. The van der Waals surface area contributed by atoms with Gasteiger partial charge in [-0.1, -0.05) is 42.5 Å². The van der Waals surface area contributed by atoms with Crippen LogP contribution in [0.25, 0.3) is 21.9 Å². The fourth-order valence-electron chi connectivity index (χ4n) is 6.33. The van der Waals surface area contributed by atoms with E-state index in [9.17, 15) is 18.0 Å². The van der Waals surface area contributed by atoms with Crippen LogP contribution in [-0.2, 0) is 19.5 Å². The first kappa shape index (κ1) is 39.6. The highest BCUT2D eigenvalue weighted by Crippen LogP contribution is 2.34. The van der Waals surface area contributed by atoms with Gasteiger partial charge in [-0.15, -0.1) is 0 Å². The van der Waals surface area contributed by atoms with Crippen LogP contribution in [0.5, 0.6) is 5.75 Å². The van der Waals surface area contributed by atoms with Crippen LogP contribution in [0, 0.1) is 6.92 Å². The molecule has 0 atom stereocenters. The van der Waals surface area contributed by atoms with Crippen LogP contribution in [-0.4, -0.2) is 94.9 Å². The van der Waals surface area contributed by atoms with Crippen molar-refractivity contribution in [2.24, 2.45) is 0 Å². The summed E-state index contributed by atoms with van der Waals surface area (Å²) < 4.78 is 46.4. The number of nitrogens with zero attached hydrogens (tertiary/aromatic N) is 2. The summed E-state index contributed by atoms with van der Waals surface area (Å²) in [5.41, 5.74) is 2.60. The molecule has 11 nitrogen and oxygen atoms in total. The van der Waals surface area contributed by atoms with Gasteiger partial charge in [-0.05, 0) is 118 Å². The molecule has 0 bridgehead atoms. The predicted octanol–water partition coefficient (Wildman–Crippen LogP) is 7.09. The number of benzene rings is 4. The molecule has 1 amide bonds. The van der Waals surface area contributed by atoms with Gasteiger partial charge in [-0.3, -0.25) is 4.72 Å². The zero-order valence-corrected chi connectivity index (χ0v) is 32.3. The van der Waals surface area contributed by atoms with Crippen LogP contribution in [0.3, 0.4) is 0 Å². The number of alkyl carbamates (subject to hydrolysis) is 1. The van der Waals surface area contributed by atoms with Gasteiger partial charge in [0.1, 0.15) is 11.4 Å². The Hall–Kier alpha value is -4.65. The van der Waals surface area contributed by atoms with Crippen molar-refractivity contribution >= 4 is 38.5 Å². The number of carbonyl (C=O) groups excluding carboxylic acids is 2. The van der Waals surface area contributed by atoms with Crippen LogP contribution >= 0.6 is 0 Å². The van der Waals surface area contributed by atoms with Gasteiger partial charge in [0.15, 0.2) is 0 Å². The molecule has 1 saturated heterocycles. The maximum Gasteiger partial charge on any atom is 0.407 e. The van der Waals surface area contributed by atoms with E-state index in [1.54, 1.807) is 31.2 Å². The molecule has 1 aliphatic rings. The second kappa shape index (κ2) is 17.9. The summed E-state index contributed by atoms with van der Waals surface area (Å²) in [7, 11) is -4.06. The monoisotopic (exact) mass is 744 g/mol. The van der Waals surface area contributed by atoms with E-state index in [1.807, 2.05) is 57.2 Å². The third kappa shape index (κ3) is 11.2. The Morgan fingerprint density at radius 1 is 0.830 bits per heavy atom. The number of piperazine rings is 1. The van der Waals surface area contributed by atoms with Crippen molar-refractivity contribution in [1.29, 1.82) is 0 Å². The molecule has 2 N–H and O–H groups in total. The van der Waals surface area contributed by atoms with E-state index in [4.69, 9.17) is 14.2 Å². The second-order valence-corrected chi connectivity index (χ2v) is 15.9. The Labute approximate surface area is 313 Å².